The van der Waals surface area contributed by atoms with E-state index in [1.807, 2.05) is 12.1 Å². The van der Waals surface area contributed by atoms with Crippen LogP contribution in [0.25, 0.3) is 11.0 Å². The summed E-state index contributed by atoms with van der Waals surface area (Å²) in [4.78, 5) is 5.82. The Hall–Kier alpha value is -1.33. The van der Waals surface area contributed by atoms with E-state index >= 15 is 0 Å². The maximum absolute atomic E-state index is 6.18. The Morgan fingerprint density at radius 2 is 2.25 bits per heavy atom. The Morgan fingerprint density at radius 3 is 2.95 bits per heavy atom. The minimum Gasteiger partial charge on any atom is -0.369 e. The molecule has 1 unspecified atom stereocenters. The van der Waals surface area contributed by atoms with Gasteiger partial charge in [0.1, 0.15) is 0 Å². The predicted molar refractivity (Wildman–Crippen MR) is 89.2 cm³/mol. The number of anilines is 1. The number of nitrogen functional groups attached to an aromatic ring is 1. The number of aromatic nitrogens is 2. The molecule has 0 amide bonds. The van der Waals surface area contributed by atoms with Crippen LogP contribution in [0.5, 0.6) is 0 Å². The van der Waals surface area contributed by atoms with Gasteiger partial charge in [0.2, 0.25) is 5.95 Å². The van der Waals surface area contributed by atoms with Crippen molar-refractivity contribution in [2.24, 2.45) is 0 Å². The molecule has 3 nitrogen and oxygen atoms in total. The summed E-state index contributed by atoms with van der Waals surface area (Å²) in [5, 5.41) is 2.11. The second kappa shape index (κ2) is 5.58. The van der Waals surface area contributed by atoms with Crippen LogP contribution in [0, 0.1) is 0 Å². The van der Waals surface area contributed by atoms with Gasteiger partial charge in [0.25, 0.3) is 0 Å². The third-order valence-corrected chi connectivity index (χ3v) is 4.89. The van der Waals surface area contributed by atoms with E-state index in [1.165, 1.54) is 4.88 Å². The van der Waals surface area contributed by atoms with Gasteiger partial charge in [0.15, 0.2) is 0 Å². The second-order valence-corrected chi connectivity index (χ2v) is 6.69. The van der Waals surface area contributed by atoms with E-state index < -0.39 is 0 Å². The molecule has 0 saturated carbocycles. The first-order valence-corrected chi connectivity index (χ1v) is 8.34. The van der Waals surface area contributed by atoms with Crippen LogP contribution in [0.3, 0.4) is 0 Å². The van der Waals surface area contributed by atoms with Crippen LogP contribution in [-0.2, 0) is 0 Å². The van der Waals surface area contributed by atoms with Gasteiger partial charge in [0, 0.05) is 9.35 Å². The largest absolute Gasteiger partial charge is 0.369 e. The van der Waals surface area contributed by atoms with Crippen molar-refractivity contribution in [1.29, 1.82) is 0 Å². The highest BCUT2D eigenvalue weighted by molar-refractivity contribution is 9.10. The Balaban J connectivity index is 2.20. The summed E-state index contributed by atoms with van der Waals surface area (Å²) >= 11 is 5.31. The van der Waals surface area contributed by atoms with E-state index in [4.69, 9.17) is 5.73 Å². The summed E-state index contributed by atoms with van der Waals surface area (Å²) in [7, 11) is 0. The average molecular weight is 350 g/mol. The maximum Gasteiger partial charge on any atom is 0.201 e. The topological polar surface area (TPSA) is 43.8 Å². The molecule has 0 aliphatic heterocycles. The number of nitrogens with zero attached hydrogens (tertiary/aromatic N) is 2. The molecule has 0 spiro atoms. The molecule has 20 heavy (non-hydrogen) atoms. The first-order chi connectivity index (χ1) is 9.70. The van der Waals surface area contributed by atoms with E-state index in [2.05, 4.69) is 56.0 Å². The standard InChI is InChI=1S/C15H16BrN3S/c1-2-4-12(14-5-3-8-20-14)19-13-9-10(16)6-7-11(13)18-15(19)17/h3,5-9,12H,2,4H2,1H3,(H2,17,18). The number of rotatable bonds is 4. The van der Waals surface area contributed by atoms with Crippen molar-refractivity contribution >= 4 is 44.2 Å². The van der Waals surface area contributed by atoms with Crippen LogP contribution in [0.15, 0.2) is 40.2 Å². The zero-order chi connectivity index (χ0) is 14.1. The lowest BCUT2D eigenvalue weighted by molar-refractivity contribution is 0.560. The molecule has 1 aromatic carbocycles. The highest BCUT2D eigenvalue weighted by atomic mass is 79.9. The number of halogens is 1. The molecule has 2 N–H and O–H groups in total. The highest BCUT2D eigenvalue weighted by Gasteiger charge is 2.19. The summed E-state index contributed by atoms with van der Waals surface area (Å²) in [5.41, 5.74) is 8.22. The summed E-state index contributed by atoms with van der Waals surface area (Å²) in [6.07, 6.45) is 2.17. The van der Waals surface area contributed by atoms with Gasteiger partial charge < -0.3 is 10.3 Å². The smallest absolute Gasteiger partial charge is 0.201 e. The van der Waals surface area contributed by atoms with Gasteiger partial charge in [0.05, 0.1) is 17.1 Å². The molecule has 0 radical (unpaired) electrons. The lowest BCUT2D eigenvalue weighted by atomic mass is 10.1. The van der Waals surface area contributed by atoms with E-state index in [1.54, 1.807) is 11.3 Å². The van der Waals surface area contributed by atoms with Gasteiger partial charge in [-0.2, -0.15) is 0 Å². The second-order valence-electron chi connectivity index (χ2n) is 4.79. The fourth-order valence-electron chi connectivity index (χ4n) is 2.57. The van der Waals surface area contributed by atoms with Crippen molar-refractivity contribution in [2.45, 2.75) is 25.8 Å². The first-order valence-electron chi connectivity index (χ1n) is 6.67. The van der Waals surface area contributed by atoms with Crippen LogP contribution in [-0.4, -0.2) is 9.55 Å². The molecule has 1 atom stereocenters. The van der Waals surface area contributed by atoms with Crippen molar-refractivity contribution in [2.75, 3.05) is 5.73 Å². The van der Waals surface area contributed by atoms with Crippen LogP contribution >= 0.6 is 27.3 Å². The third-order valence-electron chi connectivity index (χ3n) is 3.42. The number of fused-ring (bicyclic) bond motifs is 1. The van der Waals surface area contributed by atoms with E-state index in [0.29, 0.717) is 5.95 Å². The molecule has 2 heterocycles. The molecule has 0 aliphatic rings. The number of thiophene rings is 1. The zero-order valence-corrected chi connectivity index (χ0v) is 13.6. The van der Waals surface area contributed by atoms with Crippen LogP contribution in [0.2, 0.25) is 0 Å². The van der Waals surface area contributed by atoms with Gasteiger partial charge in [-0.1, -0.05) is 35.3 Å². The Kier molecular flexibility index (Phi) is 3.81. The number of benzene rings is 1. The minimum atomic E-state index is 0.263. The summed E-state index contributed by atoms with van der Waals surface area (Å²) in [5.74, 6) is 0.588. The fourth-order valence-corrected chi connectivity index (χ4v) is 3.77. The quantitative estimate of drug-likeness (QED) is 0.732. The normalized spacial score (nSPS) is 12.9. The van der Waals surface area contributed by atoms with Crippen LogP contribution < -0.4 is 5.73 Å². The monoisotopic (exact) mass is 349 g/mol. The average Bonchev–Trinajstić information content (AvgIpc) is 3.04. The number of hydrogen-bond acceptors (Lipinski definition) is 3. The van der Waals surface area contributed by atoms with Gasteiger partial charge in [-0.05, 0) is 36.1 Å². The fraction of sp³-hybridized carbons (Fsp3) is 0.267. The molecule has 0 fully saturated rings. The highest BCUT2D eigenvalue weighted by Crippen LogP contribution is 2.33. The molecule has 3 aromatic rings. The Bertz CT molecular complexity index is 718. The number of imidazole rings is 1. The number of nitrogens with two attached hydrogens (primary N) is 1. The van der Waals surface area contributed by atoms with Crippen molar-refractivity contribution in [1.82, 2.24) is 9.55 Å². The van der Waals surface area contributed by atoms with Crippen molar-refractivity contribution < 1.29 is 0 Å². The van der Waals surface area contributed by atoms with Gasteiger partial charge >= 0.3 is 0 Å². The molecule has 104 valence electrons. The summed E-state index contributed by atoms with van der Waals surface area (Å²) in [6, 6.07) is 10.6. The lowest BCUT2D eigenvalue weighted by Gasteiger charge is -2.19. The lowest BCUT2D eigenvalue weighted by Crippen LogP contribution is -2.12. The van der Waals surface area contributed by atoms with Gasteiger partial charge in [-0.25, -0.2) is 4.98 Å². The SMILES string of the molecule is CCCC(c1cccs1)n1c(N)nc2ccc(Br)cc21. The summed E-state index contributed by atoms with van der Waals surface area (Å²) < 4.78 is 3.21. The molecule has 0 bridgehead atoms. The molecular formula is C15H16BrN3S. The van der Waals surface area contributed by atoms with E-state index in [9.17, 15) is 0 Å². The molecular weight excluding hydrogens is 334 g/mol. The molecule has 5 heteroatoms. The third kappa shape index (κ3) is 2.36. The van der Waals surface area contributed by atoms with Gasteiger partial charge in [-0.3, -0.25) is 0 Å². The van der Waals surface area contributed by atoms with Crippen LogP contribution in [0.1, 0.15) is 30.7 Å². The van der Waals surface area contributed by atoms with Crippen molar-refractivity contribution in [3.8, 4) is 0 Å². The number of hydrogen-bond donors (Lipinski definition) is 1. The summed E-state index contributed by atoms with van der Waals surface area (Å²) in [6.45, 7) is 2.20. The zero-order valence-electron chi connectivity index (χ0n) is 11.2. The van der Waals surface area contributed by atoms with Crippen LogP contribution in [0.4, 0.5) is 5.95 Å². The predicted octanol–water partition coefficient (Wildman–Crippen LogP) is 4.83. The van der Waals surface area contributed by atoms with E-state index in [0.717, 1.165) is 28.3 Å². The molecule has 0 aliphatic carbocycles. The minimum absolute atomic E-state index is 0.263. The van der Waals surface area contributed by atoms with Crippen molar-refractivity contribution in [3.63, 3.8) is 0 Å². The first kappa shape index (κ1) is 13.6. The molecule has 0 saturated heterocycles. The van der Waals surface area contributed by atoms with Gasteiger partial charge in [-0.15, -0.1) is 11.3 Å². The Morgan fingerprint density at radius 1 is 1.40 bits per heavy atom. The van der Waals surface area contributed by atoms with Crippen molar-refractivity contribution in [3.05, 3.63) is 45.1 Å². The molecule has 3 rings (SSSR count). The maximum atomic E-state index is 6.18. The Labute approximate surface area is 130 Å². The van der Waals surface area contributed by atoms with E-state index in [-0.39, 0.29) is 6.04 Å². The molecule has 2 aromatic heterocycles.